The highest BCUT2D eigenvalue weighted by atomic mass is 15.2. The van der Waals surface area contributed by atoms with Gasteiger partial charge in [0.05, 0.1) is 44.5 Å². The van der Waals surface area contributed by atoms with E-state index in [9.17, 15) is 0 Å². The molecule has 0 saturated heterocycles. The van der Waals surface area contributed by atoms with Gasteiger partial charge in [-0.15, -0.1) is 0 Å². The van der Waals surface area contributed by atoms with E-state index in [4.69, 9.17) is 0 Å². The number of fused-ring (bicyclic) bond motifs is 11. The molecule has 61 heavy (non-hydrogen) atoms. The van der Waals surface area contributed by atoms with E-state index in [0.29, 0.717) is 0 Å². The molecule has 1 aliphatic heterocycles. The van der Waals surface area contributed by atoms with Crippen LogP contribution >= 0.6 is 0 Å². The summed E-state index contributed by atoms with van der Waals surface area (Å²) >= 11 is 0. The van der Waals surface area contributed by atoms with Crippen molar-refractivity contribution in [3.05, 3.63) is 217 Å². The van der Waals surface area contributed by atoms with Crippen molar-refractivity contribution in [1.29, 1.82) is 0 Å². The number of hydrogen-bond acceptors (Lipinski definition) is 1. The maximum Gasteiger partial charge on any atom is 0.0545 e. The lowest BCUT2D eigenvalue weighted by molar-refractivity contribution is 0.632. The van der Waals surface area contributed by atoms with Crippen molar-refractivity contribution in [2.75, 3.05) is 4.90 Å². The number of nitrogens with zero attached hydrogens (tertiary/aromatic N) is 4. The molecule has 9 aromatic carbocycles. The molecule has 0 spiro atoms. The van der Waals surface area contributed by atoms with Crippen LogP contribution in [0.25, 0.3) is 82.5 Å². The van der Waals surface area contributed by atoms with Gasteiger partial charge < -0.3 is 18.6 Å². The van der Waals surface area contributed by atoms with Crippen LogP contribution in [0.1, 0.15) is 25.0 Å². The van der Waals surface area contributed by atoms with Gasteiger partial charge in [0, 0.05) is 60.5 Å². The molecule has 13 rings (SSSR count). The molecule has 0 bridgehead atoms. The fraction of sp³-hybridized carbons (Fsp3) is 0.0526. The lowest BCUT2D eigenvalue weighted by Gasteiger charge is -2.42. The minimum Gasteiger partial charge on any atom is -0.310 e. The Labute approximate surface area is 353 Å². The lowest BCUT2D eigenvalue weighted by atomic mass is 9.73. The Balaban J connectivity index is 1.10. The molecule has 4 nitrogen and oxygen atoms in total. The largest absolute Gasteiger partial charge is 0.310 e. The Morgan fingerprint density at radius 3 is 1.25 bits per heavy atom. The second-order valence-corrected chi connectivity index (χ2v) is 17.0. The molecule has 1 aliphatic rings. The molecule has 0 aliphatic carbocycles. The molecule has 0 radical (unpaired) electrons. The van der Waals surface area contributed by atoms with Crippen molar-refractivity contribution < 1.29 is 0 Å². The molecule has 12 aromatic rings. The topological polar surface area (TPSA) is 18.0 Å². The maximum atomic E-state index is 2.49. The molecule has 0 N–H and O–H groups in total. The summed E-state index contributed by atoms with van der Waals surface area (Å²) < 4.78 is 7.33. The van der Waals surface area contributed by atoms with Crippen LogP contribution < -0.4 is 4.90 Å². The normalized spacial score (nSPS) is 13.5. The highest BCUT2D eigenvalue weighted by molar-refractivity contribution is 6.14. The third-order valence-corrected chi connectivity index (χ3v) is 13.4. The molecular weight excluding hydrogens is 741 g/mol. The zero-order valence-electron chi connectivity index (χ0n) is 33.9. The fourth-order valence-electron chi connectivity index (χ4n) is 10.6. The van der Waals surface area contributed by atoms with Crippen molar-refractivity contribution in [2.24, 2.45) is 0 Å². The zero-order chi connectivity index (χ0) is 40.4. The van der Waals surface area contributed by atoms with E-state index in [0.717, 1.165) is 22.7 Å². The molecule has 0 atom stereocenters. The standard InChI is InChI=1S/C57H40N4/c1-57(2)47-34-40(61-51-27-15-11-23-43(51)44-24-12-16-28-52(44)61)30-32-54(47)59(38-19-7-4-8-20-38)56-35-46-45-33-39(60-49-25-13-9-21-41(49)42-22-10-14-26-50(42)60)29-31-53(45)58(55(46)36-48(56)57)37-17-5-3-6-18-37/h3-36H,1-2H3. The van der Waals surface area contributed by atoms with Crippen LogP contribution in [-0.2, 0) is 5.41 Å². The number of hydrogen-bond donors (Lipinski definition) is 0. The van der Waals surface area contributed by atoms with E-state index >= 15 is 0 Å². The van der Waals surface area contributed by atoms with Gasteiger partial charge in [-0.3, -0.25) is 0 Å². The third kappa shape index (κ3) is 4.76. The Bertz CT molecular complexity index is 3630. The van der Waals surface area contributed by atoms with Gasteiger partial charge in [0.1, 0.15) is 0 Å². The number of aromatic nitrogens is 3. The van der Waals surface area contributed by atoms with E-state index in [1.165, 1.54) is 87.9 Å². The quantitative estimate of drug-likeness (QED) is 0.174. The van der Waals surface area contributed by atoms with Crippen molar-refractivity contribution in [3.8, 4) is 17.1 Å². The monoisotopic (exact) mass is 780 g/mol. The van der Waals surface area contributed by atoms with Gasteiger partial charge in [0.15, 0.2) is 0 Å². The van der Waals surface area contributed by atoms with Gasteiger partial charge >= 0.3 is 0 Å². The number of anilines is 3. The molecule has 3 aromatic heterocycles. The van der Waals surface area contributed by atoms with Crippen LogP contribution in [0.4, 0.5) is 17.1 Å². The van der Waals surface area contributed by atoms with Crippen LogP contribution in [0, 0.1) is 0 Å². The summed E-state index contributed by atoms with van der Waals surface area (Å²) in [7, 11) is 0. The summed E-state index contributed by atoms with van der Waals surface area (Å²) in [6.45, 7) is 4.81. The molecule has 288 valence electrons. The molecule has 0 fully saturated rings. The van der Waals surface area contributed by atoms with Crippen molar-refractivity contribution in [2.45, 2.75) is 19.3 Å². The number of benzene rings is 9. The van der Waals surface area contributed by atoms with Crippen LogP contribution in [0.2, 0.25) is 0 Å². The second kappa shape index (κ2) is 12.6. The predicted molar refractivity (Wildman–Crippen MR) is 256 cm³/mol. The Morgan fingerprint density at radius 2 is 0.689 bits per heavy atom. The van der Waals surface area contributed by atoms with Crippen LogP contribution in [0.5, 0.6) is 0 Å². The lowest BCUT2D eigenvalue weighted by Crippen LogP contribution is -2.31. The van der Waals surface area contributed by atoms with Gasteiger partial charge in [-0.25, -0.2) is 0 Å². The second-order valence-electron chi connectivity index (χ2n) is 17.0. The molecule has 4 heteroatoms. The SMILES string of the molecule is CC1(C)c2cc(-n3c4ccccc4c4ccccc43)ccc2N(c2ccccc2)c2cc3c4cc(-n5c6ccccc6c6ccccc65)ccc4n(-c4ccccc4)c3cc21. The van der Waals surface area contributed by atoms with E-state index in [1.807, 2.05) is 0 Å². The first kappa shape index (κ1) is 34.1. The van der Waals surface area contributed by atoms with E-state index in [1.54, 1.807) is 0 Å². The average molecular weight is 781 g/mol. The first-order chi connectivity index (χ1) is 30.0. The minimum atomic E-state index is -0.342. The highest BCUT2D eigenvalue weighted by Crippen LogP contribution is 2.54. The predicted octanol–water partition coefficient (Wildman–Crippen LogP) is 15.1. The van der Waals surface area contributed by atoms with Gasteiger partial charge in [-0.1, -0.05) is 123 Å². The smallest absolute Gasteiger partial charge is 0.0545 e. The Hall–Kier alpha value is -7.82. The number of rotatable bonds is 4. The van der Waals surface area contributed by atoms with E-state index < -0.39 is 0 Å². The number of para-hydroxylation sites is 6. The van der Waals surface area contributed by atoms with Crippen molar-refractivity contribution >= 4 is 82.5 Å². The zero-order valence-corrected chi connectivity index (χ0v) is 33.9. The third-order valence-electron chi connectivity index (χ3n) is 13.4. The van der Waals surface area contributed by atoms with Gasteiger partial charge in [-0.05, 0) is 108 Å². The van der Waals surface area contributed by atoms with Crippen LogP contribution in [-0.4, -0.2) is 13.7 Å². The summed E-state index contributed by atoms with van der Waals surface area (Å²) in [6.07, 6.45) is 0. The van der Waals surface area contributed by atoms with Crippen LogP contribution in [0.3, 0.4) is 0 Å². The van der Waals surface area contributed by atoms with E-state index in [-0.39, 0.29) is 5.41 Å². The average Bonchev–Trinajstić information content (AvgIpc) is 3.94. The Kier molecular flexibility index (Phi) is 7.04. The molecule has 4 heterocycles. The molecular formula is C57H40N4. The van der Waals surface area contributed by atoms with Crippen molar-refractivity contribution in [1.82, 2.24) is 13.7 Å². The summed E-state index contributed by atoms with van der Waals surface area (Å²) in [5, 5.41) is 7.51. The van der Waals surface area contributed by atoms with E-state index in [2.05, 4.69) is 239 Å². The van der Waals surface area contributed by atoms with Gasteiger partial charge in [-0.2, -0.15) is 0 Å². The first-order valence-electron chi connectivity index (χ1n) is 21.2. The van der Waals surface area contributed by atoms with Gasteiger partial charge in [0.25, 0.3) is 0 Å². The maximum absolute atomic E-state index is 2.49. The molecule has 0 amide bonds. The highest BCUT2D eigenvalue weighted by Gasteiger charge is 2.38. The summed E-state index contributed by atoms with van der Waals surface area (Å²) in [5.74, 6) is 0. The Morgan fingerprint density at radius 1 is 0.279 bits per heavy atom. The molecule has 0 unspecified atom stereocenters. The summed E-state index contributed by atoms with van der Waals surface area (Å²) in [5.41, 5.74) is 16.5. The van der Waals surface area contributed by atoms with Gasteiger partial charge in [0.2, 0.25) is 0 Å². The minimum absolute atomic E-state index is 0.342. The summed E-state index contributed by atoms with van der Waals surface area (Å²) in [4.78, 5) is 2.49. The first-order valence-corrected chi connectivity index (χ1v) is 21.2. The van der Waals surface area contributed by atoms with Crippen molar-refractivity contribution in [3.63, 3.8) is 0 Å². The molecule has 0 saturated carbocycles. The fourth-order valence-corrected chi connectivity index (χ4v) is 10.6. The summed E-state index contributed by atoms with van der Waals surface area (Å²) in [6, 6.07) is 76.0. The van der Waals surface area contributed by atoms with Crippen LogP contribution in [0.15, 0.2) is 206 Å².